The Bertz CT molecular complexity index is 599. The number of benzene rings is 2. The van der Waals surface area contributed by atoms with Gasteiger partial charge in [-0.15, -0.1) is 0 Å². The summed E-state index contributed by atoms with van der Waals surface area (Å²) in [6, 6.07) is 15.2. The van der Waals surface area contributed by atoms with Gasteiger partial charge in [-0.25, -0.2) is 0 Å². The van der Waals surface area contributed by atoms with E-state index in [0.29, 0.717) is 23.1 Å². The van der Waals surface area contributed by atoms with Gasteiger partial charge in [0.1, 0.15) is 5.75 Å². The van der Waals surface area contributed by atoms with Gasteiger partial charge in [0, 0.05) is 21.4 Å². The van der Waals surface area contributed by atoms with Gasteiger partial charge in [-0.1, -0.05) is 48.0 Å². The molecule has 0 fully saturated rings. The average molecular weight is 309 g/mol. The molecule has 0 aliphatic carbocycles. The molecule has 0 spiro atoms. The van der Waals surface area contributed by atoms with Crippen LogP contribution in [0.4, 0.5) is 0 Å². The predicted octanol–water partition coefficient (Wildman–Crippen LogP) is 4.19. The molecule has 0 aliphatic heterocycles. The number of hydrogen-bond acceptors (Lipinski definition) is 2. The van der Waals surface area contributed by atoms with E-state index in [1.54, 1.807) is 0 Å². The van der Waals surface area contributed by atoms with Gasteiger partial charge in [0.25, 0.3) is 0 Å². The van der Waals surface area contributed by atoms with Crippen molar-refractivity contribution in [3.8, 4) is 5.75 Å². The van der Waals surface area contributed by atoms with Crippen LogP contribution in [0.15, 0.2) is 48.5 Å². The van der Waals surface area contributed by atoms with Crippen molar-refractivity contribution < 1.29 is 8.95 Å². The number of rotatable bonds is 6. The van der Waals surface area contributed by atoms with Crippen LogP contribution < -0.4 is 4.74 Å². The minimum atomic E-state index is -1.01. The Morgan fingerprint density at radius 2 is 1.60 bits per heavy atom. The molecule has 0 bridgehead atoms. The van der Waals surface area contributed by atoms with E-state index in [-0.39, 0.29) is 0 Å². The Kier molecular flexibility index (Phi) is 5.62. The van der Waals surface area contributed by atoms with Crippen LogP contribution in [-0.4, -0.2) is 10.8 Å². The highest BCUT2D eigenvalue weighted by molar-refractivity contribution is 7.83. The topological polar surface area (TPSA) is 26.3 Å². The van der Waals surface area contributed by atoms with E-state index in [1.807, 2.05) is 55.5 Å². The summed E-state index contributed by atoms with van der Waals surface area (Å²) < 4.78 is 17.8. The van der Waals surface area contributed by atoms with E-state index in [4.69, 9.17) is 16.3 Å². The Hall–Kier alpha value is -1.32. The Morgan fingerprint density at radius 1 is 1.00 bits per heavy atom. The third-order valence-electron chi connectivity index (χ3n) is 2.86. The molecule has 20 heavy (non-hydrogen) atoms. The zero-order valence-corrected chi connectivity index (χ0v) is 12.9. The lowest BCUT2D eigenvalue weighted by Gasteiger charge is -2.10. The number of halogens is 1. The standard InChI is InChI=1S/C16H17ClO2S/c1-2-19-16-10-6-4-8-14(16)12-20(18)11-13-7-3-5-9-15(13)17/h3-10H,2,11-12H2,1H3. The molecule has 0 heterocycles. The predicted molar refractivity (Wildman–Crippen MR) is 84.6 cm³/mol. The zero-order chi connectivity index (χ0) is 14.4. The molecular weight excluding hydrogens is 292 g/mol. The highest BCUT2D eigenvalue weighted by Gasteiger charge is 2.09. The van der Waals surface area contributed by atoms with E-state index in [1.165, 1.54) is 0 Å². The van der Waals surface area contributed by atoms with Crippen LogP contribution >= 0.6 is 11.6 Å². The molecule has 4 heteroatoms. The first-order chi connectivity index (χ1) is 9.70. The van der Waals surface area contributed by atoms with Crippen molar-refractivity contribution in [3.05, 3.63) is 64.7 Å². The molecule has 0 amide bonds. The van der Waals surface area contributed by atoms with E-state index in [0.717, 1.165) is 16.9 Å². The molecule has 106 valence electrons. The van der Waals surface area contributed by atoms with E-state index >= 15 is 0 Å². The van der Waals surface area contributed by atoms with Gasteiger partial charge in [0.15, 0.2) is 0 Å². The number of ether oxygens (including phenoxy) is 1. The van der Waals surface area contributed by atoms with Gasteiger partial charge in [0.2, 0.25) is 0 Å². The maximum Gasteiger partial charge on any atom is 0.123 e. The molecule has 2 rings (SSSR count). The van der Waals surface area contributed by atoms with Crippen molar-refractivity contribution in [1.29, 1.82) is 0 Å². The minimum absolute atomic E-state index is 0.458. The fourth-order valence-electron chi connectivity index (χ4n) is 1.93. The van der Waals surface area contributed by atoms with Crippen LogP contribution in [0.2, 0.25) is 5.02 Å². The molecule has 1 unspecified atom stereocenters. The smallest absolute Gasteiger partial charge is 0.123 e. The third-order valence-corrected chi connectivity index (χ3v) is 4.50. The average Bonchev–Trinajstić information content (AvgIpc) is 2.44. The summed E-state index contributed by atoms with van der Waals surface area (Å²) in [6.07, 6.45) is 0. The summed E-state index contributed by atoms with van der Waals surface area (Å²) in [4.78, 5) is 0. The van der Waals surface area contributed by atoms with Crippen molar-refractivity contribution in [2.45, 2.75) is 18.4 Å². The molecule has 0 saturated heterocycles. The second-order valence-corrected chi connectivity index (χ2v) is 6.22. The molecule has 0 radical (unpaired) electrons. The molecule has 2 aromatic carbocycles. The molecule has 0 N–H and O–H groups in total. The summed E-state index contributed by atoms with van der Waals surface area (Å²) in [7, 11) is -1.01. The molecule has 1 atom stereocenters. The maximum absolute atomic E-state index is 12.3. The molecule has 2 aromatic rings. The number of hydrogen-bond donors (Lipinski definition) is 0. The van der Waals surface area contributed by atoms with Crippen LogP contribution in [0, 0.1) is 0 Å². The van der Waals surface area contributed by atoms with E-state index in [9.17, 15) is 4.21 Å². The van der Waals surface area contributed by atoms with Gasteiger partial charge in [0.05, 0.1) is 18.1 Å². The molecule has 0 aliphatic rings. The summed E-state index contributed by atoms with van der Waals surface area (Å²) in [5.74, 6) is 1.74. The van der Waals surface area contributed by atoms with Crippen molar-refractivity contribution in [1.82, 2.24) is 0 Å². The van der Waals surface area contributed by atoms with Crippen molar-refractivity contribution in [2.24, 2.45) is 0 Å². The van der Waals surface area contributed by atoms with Gasteiger partial charge in [-0.05, 0) is 24.6 Å². The van der Waals surface area contributed by atoms with Gasteiger partial charge < -0.3 is 4.74 Å². The van der Waals surface area contributed by atoms with Crippen LogP contribution in [0.3, 0.4) is 0 Å². The maximum atomic E-state index is 12.3. The first-order valence-corrected chi connectivity index (χ1v) is 8.36. The Balaban J connectivity index is 2.07. The highest BCUT2D eigenvalue weighted by Crippen LogP contribution is 2.22. The van der Waals surface area contributed by atoms with Gasteiger partial charge in [-0.3, -0.25) is 4.21 Å². The van der Waals surface area contributed by atoms with Crippen LogP contribution in [-0.2, 0) is 22.3 Å². The van der Waals surface area contributed by atoms with E-state index in [2.05, 4.69) is 0 Å². The molecule has 0 saturated carbocycles. The lowest BCUT2D eigenvalue weighted by molar-refractivity contribution is 0.337. The summed E-state index contributed by atoms with van der Waals surface area (Å²) in [5, 5.41) is 0.666. The summed E-state index contributed by atoms with van der Waals surface area (Å²) >= 11 is 6.09. The molecule has 0 aromatic heterocycles. The van der Waals surface area contributed by atoms with Gasteiger partial charge in [-0.2, -0.15) is 0 Å². The minimum Gasteiger partial charge on any atom is -0.494 e. The summed E-state index contributed by atoms with van der Waals surface area (Å²) in [5.41, 5.74) is 1.89. The second kappa shape index (κ2) is 7.46. The second-order valence-electron chi connectivity index (χ2n) is 4.36. The number of para-hydroxylation sites is 1. The van der Waals surface area contributed by atoms with Crippen LogP contribution in [0.25, 0.3) is 0 Å². The zero-order valence-electron chi connectivity index (χ0n) is 11.3. The van der Waals surface area contributed by atoms with Crippen molar-refractivity contribution in [2.75, 3.05) is 6.61 Å². The molecule has 2 nitrogen and oxygen atoms in total. The quantitative estimate of drug-likeness (QED) is 0.800. The largest absolute Gasteiger partial charge is 0.494 e. The van der Waals surface area contributed by atoms with E-state index < -0.39 is 10.8 Å². The lowest BCUT2D eigenvalue weighted by Crippen LogP contribution is -2.03. The van der Waals surface area contributed by atoms with Crippen LogP contribution in [0.5, 0.6) is 5.75 Å². The van der Waals surface area contributed by atoms with Gasteiger partial charge >= 0.3 is 0 Å². The van der Waals surface area contributed by atoms with Crippen LogP contribution in [0.1, 0.15) is 18.1 Å². The fraction of sp³-hybridized carbons (Fsp3) is 0.250. The first kappa shape index (κ1) is 15.1. The Labute approximate surface area is 127 Å². The Morgan fingerprint density at radius 3 is 2.30 bits per heavy atom. The SMILES string of the molecule is CCOc1ccccc1CS(=O)Cc1ccccc1Cl. The monoisotopic (exact) mass is 308 g/mol. The lowest BCUT2D eigenvalue weighted by atomic mass is 10.2. The third kappa shape index (κ3) is 4.09. The fourth-order valence-corrected chi connectivity index (χ4v) is 3.50. The normalized spacial score (nSPS) is 12.1. The molecular formula is C16H17ClO2S. The van der Waals surface area contributed by atoms with Crippen molar-refractivity contribution in [3.63, 3.8) is 0 Å². The van der Waals surface area contributed by atoms with Crippen molar-refractivity contribution >= 4 is 22.4 Å². The summed E-state index contributed by atoms with van der Waals surface area (Å²) in [6.45, 7) is 2.55. The first-order valence-electron chi connectivity index (χ1n) is 6.49. The highest BCUT2D eigenvalue weighted by atomic mass is 35.5.